The second-order valence-electron chi connectivity index (χ2n) is 6.64. The molecule has 0 aliphatic carbocycles. The van der Waals surface area contributed by atoms with Crippen molar-refractivity contribution in [2.75, 3.05) is 13.1 Å². The lowest BCUT2D eigenvalue weighted by Crippen LogP contribution is -2.46. The van der Waals surface area contributed by atoms with E-state index in [9.17, 15) is 30.0 Å². The Balaban J connectivity index is 1.69. The number of piperidine rings is 1. The third-order valence-electron chi connectivity index (χ3n) is 4.63. The van der Waals surface area contributed by atoms with Crippen molar-refractivity contribution in [1.82, 2.24) is 9.03 Å². The number of halogens is 3. The normalized spacial score (nSPS) is 17.3. The van der Waals surface area contributed by atoms with Gasteiger partial charge in [0, 0.05) is 19.1 Å². The molecule has 158 valence electrons. The Morgan fingerprint density at radius 1 is 0.862 bits per heavy atom. The maximum Gasteiger partial charge on any atom is 0.416 e. The first kappa shape index (κ1) is 21.8. The van der Waals surface area contributed by atoms with E-state index in [1.165, 1.54) is 12.1 Å². The summed E-state index contributed by atoms with van der Waals surface area (Å²) >= 11 is 0. The maximum absolute atomic E-state index is 12.9. The van der Waals surface area contributed by atoms with Crippen LogP contribution < -0.4 is 4.72 Å². The highest BCUT2D eigenvalue weighted by Crippen LogP contribution is 2.31. The standard InChI is InChI=1S/C18H19F3N2O4S2/c19-18(20,21)14-5-4-8-17(13-14)29(26,27)23-11-9-15(10-12-23)22-28(24,25)16-6-2-1-3-7-16/h1-8,13,15,22H,9-12H2. The maximum atomic E-state index is 12.9. The first-order valence-electron chi connectivity index (χ1n) is 8.75. The molecule has 0 aromatic heterocycles. The first-order chi connectivity index (χ1) is 13.5. The number of nitrogens with one attached hydrogen (secondary N) is 1. The van der Waals surface area contributed by atoms with Crippen LogP contribution in [0.25, 0.3) is 0 Å². The molecule has 2 aromatic carbocycles. The van der Waals surface area contributed by atoms with E-state index in [0.29, 0.717) is 6.07 Å². The summed E-state index contributed by atoms with van der Waals surface area (Å²) in [5.41, 5.74) is -1.04. The van der Waals surface area contributed by atoms with Crippen LogP contribution in [0.4, 0.5) is 13.2 Å². The van der Waals surface area contributed by atoms with Crippen LogP contribution in [0.15, 0.2) is 64.4 Å². The molecule has 1 aliphatic rings. The third kappa shape index (κ3) is 4.97. The Morgan fingerprint density at radius 2 is 1.45 bits per heavy atom. The lowest BCUT2D eigenvalue weighted by atomic mass is 10.1. The number of nitrogens with zero attached hydrogens (tertiary/aromatic N) is 1. The van der Waals surface area contributed by atoms with Gasteiger partial charge in [-0.1, -0.05) is 24.3 Å². The van der Waals surface area contributed by atoms with Gasteiger partial charge in [0.1, 0.15) is 0 Å². The molecule has 0 spiro atoms. The van der Waals surface area contributed by atoms with Crippen LogP contribution in [0.3, 0.4) is 0 Å². The molecule has 11 heteroatoms. The predicted molar refractivity (Wildman–Crippen MR) is 100.0 cm³/mol. The van der Waals surface area contributed by atoms with Crippen LogP contribution >= 0.6 is 0 Å². The molecule has 0 radical (unpaired) electrons. The van der Waals surface area contributed by atoms with E-state index in [1.54, 1.807) is 18.2 Å². The van der Waals surface area contributed by atoms with E-state index in [1.807, 2.05) is 0 Å². The zero-order valence-electron chi connectivity index (χ0n) is 15.1. The first-order valence-corrected chi connectivity index (χ1v) is 11.7. The fraction of sp³-hybridized carbons (Fsp3) is 0.333. The van der Waals surface area contributed by atoms with Crippen molar-refractivity contribution >= 4 is 20.0 Å². The zero-order chi connectivity index (χ0) is 21.3. The molecule has 0 bridgehead atoms. The minimum Gasteiger partial charge on any atom is -0.208 e. The number of hydrogen-bond acceptors (Lipinski definition) is 4. The summed E-state index contributed by atoms with van der Waals surface area (Å²) in [6.45, 7) is 0.00110. The van der Waals surface area contributed by atoms with Gasteiger partial charge < -0.3 is 0 Å². The Hall–Kier alpha value is -1.95. The van der Waals surface area contributed by atoms with Gasteiger partial charge in [0.2, 0.25) is 20.0 Å². The lowest BCUT2D eigenvalue weighted by molar-refractivity contribution is -0.137. The summed E-state index contributed by atoms with van der Waals surface area (Å²) < 4.78 is 92.4. The molecule has 3 rings (SSSR count). The average Bonchev–Trinajstić information content (AvgIpc) is 2.68. The van der Waals surface area contributed by atoms with Gasteiger partial charge in [-0.15, -0.1) is 0 Å². The molecule has 0 saturated carbocycles. The summed E-state index contributed by atoms with van der Waals surface area (Å²) in [6.07, 6.45) is -4.22. The van der Waals surface area contributed by atoms with Crippen molar-refractivity contribution in [2.45, 2.75) is 34.9 Å². The summed E-state index contributed by atoms with van der Waals surface area (Å²) in [6, 6.07) is 10.9. The molecule has 0 amide bonds. The van der Waals surface area contributed by atoms with Gasteiger partial charge in [-0.3, -0.25) is 0 Å². The van der Waals surface area contributed by atoms with E-state index in [2.05, 4.69) is 4.72 Å². The van der Waals surface area contributed by atoms with Crippen molar-refractivity contribution in [3.63, 3.8) is 0 Å². The molecule has 1 fully saturated rings. The SMILES string of the molecule is O=S(=O)(NC1CCN(S(=O)(=O)c2cccc(C(F)(F)F)c2)CC1)c1ccccc1. The highest BCUT2D eigenvalue weighted by Gasteiger charge is 2.34. The van der Waals surface area contributed by atoms with Crippen LogP contribution in [0, 0.1) is 0 Å². The van der Waals surface area contributed by atoms with E-state index in [-0.39, 0.29) is 30.8 Å². The van der Waals surface area contributed by atoms with Gasteiger partial charge in [-0.2, -0.15) is 17.5 Å². The molecule has 1 aliphatic heterocycles. The molecule has 0 atom stereocenters. The summed E-state index contributed by atoms with van der Waals surface area (Å²) in [5.74, 6) is 0. The average molecular weight is 448 g/mol. The van der Waals surface area contributed by atoms with E-state index >= 15 is 0 Å². The Labute approximate surface area is 167 Å². The molecule has 2 aromatic rings. The number of hydrogen-bond donors (Lipinski definition) is 1. The largest absolute Gasteiger partial charge is 0.416 e. The van der Waals surface area contributed by atoms with Gasteiger partial charge >= 0.3 is 6.18 Å². The molecule has 29 heavy (non-hydrogen) atoms. The van der Waals surface area contributed by atoms with Crippen molar-refractivity contribution in [3.8, 4) is 0 Å². The van der Waals surface area contributed by atoms with Crippen LogP contribution in [0.1, 0.15) is 18.4 Å². The van der Waals surface area contributed by atoms with Crippen LogP contribution in [0.2, 0.25) is 0 Å². The quantitative estimate of drug-likeness (QED) is 0.763. The number of benzene rings is 2. The molecular formula is C18H19F3N2O4S2. The highest BCUT2D eigenvalue weighted by molar-refractivity contribution is 7.89. The van der Waals surface area contributed by atoms with Crippen LogP contribution in [-0.4, -0.2) is 40.3 Å². The van der Waals surface area contributed by atoms with Gasteiger partial charge in [-0.05, 0) is 43.2 Å². The van der Waals surface area contributed by atoms with Crippen molar-refractivity contribution in [1.29, 1.82) is 0 Å². The molecule has 1 saturated heterocycles. The molecule has 0 unspecified atom stereocenters. The third-order valence-corrected chi connectivity index (χ3v) is 8.06. The van der Waals surface area contributed by atoms with Gasteiger partial charge in [0.05, 0.1) is 15.4 Å². The Bertz CT molecular complexity index is 1060. The van der Waals surface area contributed by atoms with Crippen molar-refractivity contribution in [2.24, 2.45) is 0 Å². The van der Waals surface area contributed by atoms with Crippen molar-refractivity contribution < 1.29 is 30.0 Å². The summed E-state index contributed by atoms with van der Waals surface area (Å²) in [5, 5.41) is 0. The van der Waals surface area contributed by atoms with Gasteiger partial charge in [0.25, 0.3) is 0 Å². The number of sulfonamides is 2. The summed E-state index contributed by atoms with van der Waals surface area (Å²) in [7, 11) is -7.84. The predicted octanol–water partition coefficient (Wildman–Crippen LogP) is 2.84. The smallest absolute Gasteiger partial charge is 0.208 e. The lowest BCUT2D eigenvalue weighted by Gasteiger charge is -2.31. The number of alkyl halides is 3. The van der Waals surface area contributed by atoms with E-state index in [0.717, 1.165) is 22.5 Å². The van der Waals surface area contributed by atoms with Crippen LogP contribution in [-0.2, 0) is 26.2 Å². The Morgan fingerprint density at radius 3 is 2.03 bits per heavy atom. The monoisotopic (exact) mass is 448 g/mol. The zero-order valence-corrected chi connectivity index (χ0v) is 16.8. The molecular weight excluding hydrogens is 429 g/mol. The second-order valence-corrected chi connectivity index (χ2v) is 10.3. The minimum atomic E-state index is -4.64. The van der Waals surface area contributed by atoms with E-state index < -0.39 is 42.7 Å². The topological polar surface area (TPSA) is 83.6 Å². The molecule has 6 nitrogen and oxygen atoms in total. The minimum absolute atomic E-state index is 0.000551. The fourth-order valence-electron chi connectivity index (χ4n) is 3.08. The van der Waals surface area contributed by atoms with Crippen LogP contribution in [0.5, 0.6) is 0 Å². The molecule has 1 heterocycles. The molecule has 1 N–H and O–H groups in total. The second kappa shape index (κ2) is 8.05. The highest BCUT2D eigenvalue weighted by atomic mass is 32.2. The fourth-order valence-corrected chi connectivity index (χ4v) is 5.93. The number of rotatable bonds is 5. The van der Waals surface area contributed by atoms with Gasteiger partial charge in [-0.25, -0.2) is 21.6 Å². The Kier molecular flexibility index (Phi) is 6.04. The van der Waals surface area contributed by atoms with E-state index in [4.69, 9.17) is 0 Å². The van der Waals surface area contributed by atoms with Crippen molar-refractivity contribution in [3.05, 3.63) is 60.2 Å². The summed E-state index contributed by atoms with van der Waals surface area (Å²) in [4.78, 5) is -0.324. The van der Waals surface area contributed by atoms with Gasteiger partial charge in [0.15, 0.2) is 0 Å².